The summed E-state index contributed by atoms with van der Waals surface area (Å²) in [6.45, 7) is 1.22. The number of hydrogen-bond donors (Lipinski definition) is 1. The normalized spacial score (nSPS) is 16.5. The number of nitrogens with zero attached hydrogens (tertiary/aromatic N) is 3. The molecule has 0 aliphatic carbocycles. The lowest BCUT2D eigenvalue weighted by molar-refractivity contribution is 0.0791. The number of anilines is 1. The van der Waals surface area contributed by atoms with Crippen molar-refractivity contribution in [2.24, 2.45) is 0 Å². The van der Waals surface area contributed by atoms with Crippen LogP contribution < -0.4 is 5.73 Å². The highest BCUT2D eigenvalue weighted by atomic mass is 19.1. The minimum absolute atomic E-state index is 0.113. The summed E-state index contributed by atoms with van der Waals surface area (Å²) in [5.74, 6) is -0.0323. The van der Waals surface area contributed by atoms with Crippen LogP contribution >= 0.6 is 0 Å². The van der Waals surface area contributed by atoms with Crippen LogP contribution in [0.2, 0.25) is 0 Å². The maximum atomic E-state index is 13.1. The second-order valence-electron chi connectivity index (χ2n) is 6.64. The van der Waals surface area contributed by atoms with Gasteiger partial charge in [-0.2, -0.15) is 0 Å². The summed E-state index contributed by atoms with van der Waals surface area (Å²) in [6.07, 6.45) is 2.34. The Morgan fingerprint density at radius 2 is 1.85 bits per heavy atom. The maximum Gasteiger partial charge on any atom is 0.257 e. The van der Waals surface area contributed by atoms with Gasteiger partial charge >= 0.3 is 0 Å². The molecule has 0 saturated carbocycles. The molecule has 1 aliphatic rings. The second-order valence-corrected chi connectivity index (χ2v) is 6.64. The van der Waals surface area contributed by atoms with Crippen LogP contribution in [0.3, 0.4) is 0 Å². The molecule has 1 amide bonds. The third kappa shape index (κ3) is 3.51. The largest absolute Gasteiger partial charge is 0.368 e. The van der Waals surface area contributed by atoms with Crippen LogP contribution in [0.15, 0.2) is 60.8 Å². The molecule has 1 atom stereocenters. The van der Waals surface area contributed by atoms with Gasteiger partial charge in [-0.25, -0.2) is 14.4 Å². The molecular formula is C21H19FN4O. The smallest absolute Gasteiger partial charge is 0.257 e. The maximum absolute atomic E-state index is 13.1. The fourth-order valence-electron chi connectivity index (χ4n) is 3.49. The van der Waals surface area contributed by atoms with E-state index in [0.29, 0.717) is 24.3 Å². The van der Waals surface area contributed by atoms with Gasteiger partial charge < -0.3 is 10.6 Å². The number of nitrogens with two attached hydrogens (primary N) is 1. The summed E-state index contributed by atoms with van der Waals surface area (Å²) < 4.78 is 13.1. The van der Waals surface area contributed by atoms with E-state index in [1.807, 2.05) is 30.3 Å². The number of nitrogen functional groups attached to an aromatic ring is 1. The number of carbonyl (C=O) groups is 1. The molecule has 3 aromatic rings. The van der Waals surface area contributed by atoms with E-state index >= 15 is 0 Å². The van der Waals surface area contributed by atoms with Gasteiger partial charge in [-0.3, -0.25) is 4.79 Å². The van der Waals surface area contributed by atoms with E-state index in [1.54, 1.807) is 17.0 Å². The van der Waals surface area contributed by atoms with Crippen LogP contribution in [0, 0.1) is 5.82 Å². The summed E-state index contributed by atoms with van der Waals surface area (Å²) in [5, 5.41) is 0. The Bertz CT molecular complexity index is 960. The first-order valence-electron chi connectivity index (χ1n) is 8.84. The van der Waals surface area contributed by atoms with Gasteiger partial charge in [0, 0.05) is 30.8 Å². The Labute approximate surface area is 156 Å². The van der Waals surface area contributed by atoms with E-state index < -0.39 is 0 Å². The molecule has 0 spiro atoms. The van der Waals surface area contributed by atoms with E-state index in [9.17, 15) is 9.18 Å². The Balaban J connectivity index is 1.60. The van der Waals surface area contributed by atoms with Gasteiger partial charge in [0.2, 0.25) is 5.95 Å². The first-order valence-corrected chi connectivity index (χ1v) is 8.84. The van der Waals surface area contributed by atoms with Crippen LogP contribution in [0.4, 0.5) is 10.3 Å². The summed E-state index contributed by atoms with van der Waals surface area (Å²) in [7, 11) is 0. The van der Waals surface area contributed by atoms with Gasteiger partial charge in [0.1, 0.15) is 5.82 Å². The van der Waals surface area contributed by atoms with Crippen LogP contribution in [0.25, 0.3) is 11.3 Å². The van der Waals surface area contributed by atoms with Crippen LogP contribution in [0.5, 0.6) is 0 Å². The highest BCUT2D eigenvalue weighted by Crippen LogP contribution is 2.30. The zero-order valence-corrected chi connectivity index (χ0v) is 14.7. The quantitative estimate of drug-likeness (QED) is 0.774. The fraction of sp³-hybridized carbons (Fsp3) is 0.190. The highest BCUT2D eigenvalue weighted by molar-refractivity contribution is 6.00. The molecule has 2 aromatic carbocycles. The summed E-state index contributed by atoms with van der Waals surface area (Å²) >= 11 is 0. The molecule has 1 saturated heterocycles. The Morgan fingerprint density at radius 3 is 2.59 bits per heavy atom. The van der Waals surface area contributed by atoms with Gasteiger partial charge in [0.25, 0.3) is 5.91 Å². The number of aromatic nitrogens is 2. The molecule has 1 aromatic heterocycles. The molecule has 4 rings (SSSR count). The molecule has 5 nitrogen and oxygen atoms in total. The van der Waals surface area contributed by atoms with E-state index in [0.717, 1.165) is 17.5 Å². The zero-order chi connectivity index (χ0) is 18.8. The predicted octanol–water partition coefficient (Wildman–Crippen LogP) is 3.49. The van der Waals surface area contributed by atoms with Gasteiger partial charge in [0.15, 0.2) is 0 Å². The monoisotopic (exact) mass is 362 g/mol. The van der Waals surface area contributed by atoms with Crippen molar-refractivity contribution in [3.8, 4) is 11.3 Å². The molecule has 1 fully saturated rings. The number of carbonyl (C=O) groups excluding carboxylic acids is 1. The van der Waals surface area contributed by atoms with Crippen molar-refractivity contribution in [1.82, 2.24) is 14.9 Å². The number of rotatable bonds is 3. The molecule has 2 heterocycles. The molecular weight excluding hydrogens is 343 g/mol. The number of amides is 1. The lowest BCUT2D eigenvalue weighted by Crippen LogP contribution is -2.29. The molecule has 0 bridgehead atoms. The highest BCUT2D eigenvalue weighted by Gasteiger charge is 2.30. The van der Waals surface area contributed by atoms with Crippen molar-refractivity contribution in [2.75, 3.05) is 18.8 Å². The number of hydrogen-bond acceptors (Lipinski definition) is 4. The van der Waals surface area contributed by atoms with Crippen LogP contribution in [-0.2, 0) is 0 Å². The van der Waals surface area contributed by atoms with Crippen molar-refractivity contribution in [2.45, 2.75) is 12.3 Å². The third-order valence-electron chi connectivity index (χ3n) is 4.90. The van der Waals surface area contributed by atoms with Gasteiger partial charge in [-0.05, 0) is 24.1 Å². The molecule has 2 N–H and O–H groups in total. The Hall–Kier alpha value is -3.28. The lowest BCUT2D eigenvalue weighted by Gasteiger charge is -2.18. The van der Waals surface area contributed by atoms with Crippen LogP contribution in [0.1, 0.15) is 28.3 Å². The number of benzene rings is 2. The summed E-state index contributed by atoms with van der Waals surface area (Å²) in [6, 6.07) is 16.0. The molecule has 27 heavy (non-hydrogen) atoms. The van der Waals surface area contributed by atoms with Gasteiger partial charge in [-0.1, -0.05) is 42.5 Å². The predicted molar refractivity (Wildman–Crippen MR) is 102 cm³/mol. The number of halogens is 1. The van der Waals surface area contributed by atoms with Crippen molar-refractivity contribution >= 4 is 11.9 Å². The first kappa shape index (κ1) is 17.1. The Kier molecular flexibility index (Phi) is 4.54. The van der Waals surface area contributed by atoms with Crippen molar-refractivity contribution < 1.29 is 9.18 Å². The fourth-order valence-corrected chi connectivity index (χ4v) is 3.49. The Morgan fingerprint density at radius 1 is 1.11 bits per heavy atom. The molecule has 1 aliphatic heterocycles. The average molecular weight is 362 g/mol. The minimum Gasteiger partial charge on any atom is -0.368 e. The van der Waals surface area contributed by atoms with E-state index in [1.165, 1.54) is 18.3 Å². The summed E-state index contributed by atoms with van der Waals surface area (Å²) in [5.41, 5.74) is 8.60. The van der Waals surface area contributed by atoms with E-state index in [4.69, 9.17) is 5.73 Å². The topological polar surface area (TPSA) is 72.1 Å². The van der Waals surface area contributed by atoms with E-state index in [-0.39, 0.29) is 23.6 Å². The molecule has 136 valence electrons. The van der Waals surface area contributed by atoms with Crippen molar-refractivity contribution in [1.29, 1.82) is 0 Å². The number of likely N-dealkylation sites (tertiary alicyclic amines) is 1. The van der Waals surface area contributed by atoms with E-state index in [2.05, 4.69) is 9.97 Å². The molecule has 6 heteroatoms. The molecule has 0 unspecified atom stereocenters. The summed E-state index contributed by atoms with van der Waals surface area (Å²) in [4.78, 5) is 23.3. The minimum atomic E-state index is -0.254. The SMILES string of the molecule is Nc1ncc(C(=O)N2CC[C@H](c3ccc(F)cc3)C2)c(-c2ccccc2)n1. The standard InChI is InChI=1S/C21H19FN4O/c22-17-8-6-14(7-9-17)16-10-11-26(13-16)20(27)18-12-24-21(23)25-19(18)15-4-2-1-3-5-15/h1-9,12,16H,10-11,13H2,(H2,23,24,25)/t16-/m0/s1. The van der Waals surface area contributed by atoms with Crippen molar-refractivity contribution in [3.63, 3.8) is 0 Å². The van der Waals surface area contributed by atoms with Gasteiger partial charge in [0.05, 0.1) is 11.3 Å². The molecule has 0 radical (unpaired) electrons. The van der Waals surface area contributed by atoms with Crippen LogP contribution in [-0.4, -0.2) is 33.9 Å². The lowest BCUT2D eigenvalue weighted by atomic mass is 9.98. The third-order valence-corrected chi connectivity index (χ3v) is 4.90. The second kappa shape index (κ2) is 7.15. The van der Waals surface area contributed by atoms with Gasteiger partial charge in [-0.15, -0.1) is 0 Å². The van der Waals surface area contributed by atoms with Crippen molar-refractivity contribution in [3.05, 3.63) is 77.7 Å². The first-order chi connectivity index (χ1) is 13.1. The average Bonchev–Trinajstić information content (AvgIpc) is 3.19. The zero-order valence-electron chi connectivity index (χ0n) is 14.7.